The van der Waals surface area contributed by atoms with Gasteiger partial charge in [-0.05, 0) is 25.7 Å². The van der Waals surface area contributed by atoms with Gasteiger partial charge in [0.05, 0.1) is 7.11 Å². The third kappa shape index (κ3) is 3.52. The van der Waals surface area contributed by atoms with Crippen molar-refractivity contribution in [2.24, 2.45) is 5.41 Å². The zero-order valence-corrected chi connectivity index (χ0v) is 14.1. The second-order valence-corrected chi connectivity index (χ2v) is 7.97. The summed E-state index contributed by atoms with van der Waals surface area (Å²) in [6.07, 6.45) is 3.15. The number of ether oxygens (including phenoxy) is 1. The summed E-state index contributed by atoms with van der Waals surface area (Å²) >= 11 is 1.63. The Hall–Kier alpha value is -1.07. The molecule has 0 amide bonds. The van der Waals surface area contributed by atoms with E-state index in [0.717, 1.165) is 29.5 Å². The van der Waals surface area contributed by atoms with Crippen molar-refractivity contribution >= 4 is 16.3 Å². The largest absolute Gasteiger partial charge is 0.480 e. The summed E-state index contributed by atoms with van der Waals surface area (Å²) in [7, 11) is 1.68. The van der Waals surface area contributed by atoms with Crippen LogP contribution in [0.2, 0.25) is 0 Å². The summed E-state index contributed by atoms with van der Waals surface area (Å²) in [5.74, 6) is 0.718. The van der Waals surface area contributed by atoms with Crippen LogP contribution in [0.1, 0.15) is 46.7 Å². The van der Waals surface area contributed by atoms with Crippen LogP contribution in [0, 0.1) is 5.41 Å². The highest BCUT2D eigenvalue weighted by molar-refractivity contribution is 7.15. The van der Waals surface area contributed by atoms with Crippen molar-refractivity contribution in [2.45, 2.75) is 53.1 Å². The van der Waals surface area contributed by atoms with Crippen molar-refractivity contribution in [1.82, 2.24) is 14.7 Å². The maximum Gasteiger partial charge on any atom is 0.237 e. The van der Waals surface area contributed by atoms with E-state index in [0.29, 0.717) is 5.41 Å². The minimum absolute atomic E-state index is 0.0729. The Morgan fingerprint density at radius 3 is 2.60 bits per heavy atom. The summed E-state index contributed by atoms with van der Waals surface area (Å²) in [6.45, 7) is 12.1. The summed E-state index contributed by atoms with van der Waals surface area (Å²) in [4.78, 5) is 5.46. The molecule has 0 unspecified atom stereocenters. The lowest BCUT2D eigenvalue weighted by atomic mass is 9.82. The first-order valence-corrected chi connectivity index (χ1v) is 7.83. The molecular weight excluding hydrogens is 270 g/mol. The quantitative estimate of drug-likeness (QED) is 0.914. The van der Waals surface area contributed by atoms with E-state index < -0.39 is 0 Å². The van der Waals surface area contributed by atoms with E-state index in [1.54, 1.807) is 18.4 Å². The number of aromatic nitrogens is 2. The fourth-order valence-corrected chi connectivity index (χ4v) is 3.57. The van der Waals surface area contributed by atoms with Gasteiger partial charge in [0.1, 0.15) is 5.69 Å². The van der Waals surface area contributed by atoms with Crippen LogP contribution < -0.4 is 10.1 Å². The fourth-order valence-electron chi connectivity index (χ4n) is 2.85. The lowest BCUT2D eigenvalue weighted by Gasteiger charge is -2.33. The van der Waals surface area contributed by atoms with Gasteiger partial charge in [-0.15, -0.1) is 11.3 Å². The van der Waals surface area contributed by atoms with Crippen molar-refractivity contribution < 1.29 is 4.74 Å². The first-order valence-electron chi connectivity index (χ1n) is 6.95. The van der Waals surface area contributed by atoms with Crippen LogP contribution in [-0.2, 0) is 6.54 Å². The van der Waals surface area contributed by atoms with Gasteiger partial charge in [0, 0.05) is 23.7 Å². The molecule has 20 heavy (non-hydrogen) atoms. The van der Waals surface area contributed by atoms with Gasteiger partial charge in [-0.3, -0.25) is 4.40 Å². The number of fused-ring (bicyclic) bond motifs is 1. The van der Waals surface area contributed by atoms with Crippen LogP contribution in [0.25, 0.3) is 4.96 Å². The van der Waals surface area contributed by atoms with Crippen molar-refractivity contribution in [3.05, 3.63) is 17.3 Å². The molecular formula is C15H25N3OS. The molecule has 1 N–H and O–H groups in total. The van der Waals surface area contributed by atoms with Crippen LogP contribution >= 0.6 is 11.3 Å². The monoisotopic (exact) mass is 295 g/mol. The molecule has 4 nitrogen and oxygen atoms in total. The fraction of sp³-hybridized carbons (Fsp3) is 0.667. The highest BCUT2D eigenvalue weighted by Gasteiger charge is 2.26. The second-order valence-electron chi connectivity index (χ2n) is 7.10. The molecule has 112 valence electrons. The molecule has 0 atom stereocenters. The Balaban J connectivity index is 2.14. The normalized spacial score (nSPS) is 13.1. The molecule has 2 aromatic heterocycles. The number of thiazole rings is 1. The minimum Gasteiger partial charge on any atom is -0.480 e. The van der Waals surface area contributed by atoms with Crippen molar-refractivity contribution in [3.8, 4) is 5.88 Å². The number of hydrogen-bond donors (Lipinski definition) is 1. The smallest absolute Gasteiger partial charge is 0.237 e. The van der Waals surface area contributed by atoms with Crippen molar-refractivity contribution in [2.75, 3.05) is 7.11 Å². The maximum atomic E-state index is 5.39. The molecule has 0 aliphatic carbocycles. The van der Waals surface area contributed by atoms with E-state index in [1.165, 1.54) is 0 Å². The molecule has 5 heteroatoms. The third-order valence-electron chi connectivity index (χ3n) is 3.22. The zero-order chi connectivity index (χ0) is 15.0. The van der Waals surface area contributed by atoms with Crippen LogP contribution in [0.3, 0.4) is 0 Å². The Kier molecular flexibility index (Phi) is 4.12. The number of methoxy groups -OCH3 is 1. The average Bonchev–Trinajstić information content (AvgIpc) is 2.82. The lowest BCUT2D eigenvalue weighted by Crippen LogP contribution is -2.42. The molecule has 0 saturated heterocycles. The zero-order valence-electron chi connectivity index (χ0n) is 13.3. The molecule has 0 aliphatic heterocycles. The average molecular weight is 295 g/mol. The predicted octanol–water partition coefficient (Wildman–Crippen LogP) is 3.71. The molecule has 2 aromatic rings. The molecule has 0 bridgehead atoms. The molecule has 0 spiro atoms. The van der Waals surface area contributed by atoms with Gasteiger partial charge in [-0.1, -0.05) is 20.8 Å². The maximum absolute atomic E-state index is 5.39. The van der Waals surface area contributed by atoms with Gasteiger partial charge in [0.2, 0.25) is 5.88 Å². The Bertz CT molecular complexity index is 577. The van der Waals surface area contributed by atoms with Gasteiger partial charge in [0.15, 0.2) is 4.96 Å². The number of rotatable bonds is 5. The van der Waals surface area contributed by atoms with Crippen molar-refractivity contribution in [1.29, 1.82) is 0 Å². The highest BCUT2D eigenvalue weighted by atomic mass is 32.1. The van der Waals surface area contributed by atoms with Crippen LogP contribution in [0.4, 0.5) is 0 Å². The summed E-state index contributed by atoms with van der Waals surface area (Å²) in [6, 6.07) is 0. The first-order chi connectivity index (χ1) is 9.22. The van der Waals surface area contributed by atoms with Gasteiger partial charge in [-0.2, -0.15) is 4.98 Å². The Morgan fingerprint density at radius 1 is 1.30 bits per heavy atom. The van der Waals surface area contributed by atoms with E-state index in [1.807, 2.05) is 11.6 Å². The van der Waals surface area contributed by atoms with E-state index in [2.05, 4.69) is 49.3 Å². The topological polar surface area (TPSA) is 38.6 Å². The Morgan fingerprint density at radius 2 is 2.00 bits per heavy atom. The van der Waals surface area contributed by atoms with Gasteiger partial charge in [-0.25, -0.2) is 0 Å². The molecule has 0 radical (unpaired) electrons. The van der Waals surface area contributed by atoms with Crippen LogP contribution in [-0.4, -0.2) is 22.0 Å². The summed E-state index contributed by atoms with van der Waals surface area (Å²) in [5.41, 5.74) is 1.46. The number of nitrogens with zero attached hydrogens (tertiary/aromatic N) is 2. The standard InChI is InChI=1S/C15H25N3OS/c1-14(2,3)10-15(4,5)16-9-11-12(19-6)17-13-18(11)7-8-20-13/h7-8,16H,9-10H2,1-6H3. The van der Waals surface area contributed by atoms with Crippen molar-refractivity contribution in [3.63, 3.8) is 0 Å². The molecule has 0 aliphatic rings. The minimum atomic E-state index is 0.0729. The van der Waals surface area contributed by atoms with Crippen LogP contribution in [0.15, 0.2) is 11.6 Å². The van der Waals surface area contributed by atoms with Gasteiger partial charge >= 0.3 is 0 Å². The molecule has 2 heterocycles. The van der Waals surface area contributed by atoms with Gasteiger partial charge in [0.25, 0.3) is 0 Å². The lowest BCUT2D eigenvalue weighted by molar-refractivity contribution is 0.239. The van der Waals surface area contributed by atoms with E-state index in [-0.39, 0.29) is 5.54 Å². The second kappa shape index (κ2) is 5.37. The first kappa shape index (κ1) is 15.3. The van der Waals surface area contributed by atoms with Crippen LogP contribution in [0.5, 0.6) is 5.88 Å². The number of nitrogens with one attached hydrogen (secondary N) is 1. The summed E-state index contributed by atoms with van der Waals surface area (Å²) < 4.78 is 7.49. The van der Waals surface area contributed by atoms with E-state index >= 15 is 0 Å². The van der Waals surface area contributed by atoms with E-state index in [9.17, 15) is 0 Å². The molecule has 0 aromatic carbocycles. The SMILES string of the molecule is COc1nc2sccn2c1CNC(C)(C)CC(C)(C)C. The highest BCUT2D eigenvalue weighted by Crippen LogP contribution is 2.28. The Labute approximate surface area is 125 Å². The predicted molar refractivity (Wildman–Crippen MR) is 84.6 cm³/mol. The third-order valence-corrected chi connectivity index (χ3v) is 3.98. The molecule has 2 rings (SSSR count). The van der Waals surface area contributed by atoms with E-state index in [4.69, 9.17) is 4.74 Å². The molecule has 0 fully saturated rings. The summed E-state index contributed by atoms with van der Waals surface area (Å²) in [5, 5.41) is 5.69. The number of imidazole rings is 1. The van der Waals surface area contributed by atoms with Gasteiger partial charge < -0.3 is 10.1 Å². The molecule has 0 saturated carbocycles. The number of hydrogen-bond acceptors (Lipinski definition) is 4.